The highest BCUT2D eigenvalue weighted by atomic mass is 32.1. The fraction of sp³-hybridized carbons (Fsp3) is 0.143. The van der Waals surface area contributed by atoms with Crippen molar-refractivity contribution in [3.05, 3.63) is 22.4 Å². The highest BCUT2D eigenvalue weighted by molar-refractivity contribution is 7.12. The van der Waals surface area contributed by atoms with Gasteiger partial charge in [-0.15, -0.1) is 11.3 Å². The van der Waals surface area contributed by atoms with Crippen LogP contribution in [0.4, 0.5) is 4.79 Å². The Hall–Kier alpha value is -1.36. The summed E-state index contributed by atoms with van der Waals surface area (Å²) < 4.78 is 0. The van der Waals surface area contributed by atoms with E-state index in [2.05, 4.69) is 10.5 Å². The van der Waals surface area contributed by atoms with Crippen LogP contribution in [-0.2, 0) is 0 Å². The Labute approximate surface area is 74.1 Å². The number of urea groups is 1. The van der Waals surface area contributed by atoms with Gasteiger partial charge in [0.05, 0.1) is 5.71 Å². The molecule has 12 heavy (non-hydrogen) atoms. The number of amides is 2. The number of nitrogens with two attached hydrogens (primary N) is 1. The fourth-order valence-electron chi connectivity index (χ4n) is 0.678. The van der Waals surface area contributed by atoms with Gasteiger partial charge in [-0.1, -0.05) is 6.07 Å². The van der Waals surface area contributed by atoms with Crippen LogP contribution in [0.2, 0.25) is 0 Å². The lowest BCUT2D eigenvalue weighted by Crippen LogP contribution is -2.25. The number of hydrazone groups is 1. The molecule has 0 spiro atoms. The van der Waals surface area contributed by atoms with Crippen LogP contribution >= 0.6 is 11.3 Å². The molecule has 0 aliphatic heterocycles. The first kappa shape index (κ1) is 8.73. The predicted molar refractivity (Wildman–Crippen MR) is 49.2 cm³/mol. The van der Waals surface area contributed by atoms with Gasteiger partial charge >= 0.3 is 6.03 Å². The van der Waals surface area contributed by atoms with E-state index in [0.29, 0.717) is 0 Å². The van der Waals surface area contributed by atoms with Crippen LogP contribution in [0, 0.1) is 0 Å². The van der Waals surface area contributed by atoms with E-state index >= 15 is 0 Å². The smallest absolute Gasteiger partial charge is 0.332 e. The second-order valence-corrected chi connectivity index (χ2v) is 3.10. The number of thiophene rings is 1. The molecule has 0 bridgehead atoms. The maximum Gasteiger partial charge on any atom is 0.332 e. The number of primary amides is 1. The molecule has 0 saturated heterocycles. The van der Waals surface area contributed by atoms with Gasteiger partial charge in [-0.05, 0) is 18.4 Å². The molecule has 0 aliphatic rings. The molecule has 1 rings (SSSR count). The van der Waals surface area contributed by atoms with Crippen molar-refractivity contribution < 1.29 is 4.79 Å². The summed E-state index contributed by atoms with van der Waals surface area (Å²) in [6.45, 7) is 1.81. The second kappa shape index (κ2) is 3.87. The van der Waals surface area contributed by atoms with E-state index in [4.69, 9.17) is 5.73 Å². The average Bonchev–Trinajstić information content (AvgIpc) is 2.51. The summed E-state index contributed by atoms with van der Waals surface area (Å²) >= 11 is 1.56. The van der Waals surface area contributed by atoms with Gasteiger partial charge < -0.3 is 5.73 Å². The standard InChI is InChI=1S/C7H9N3OS/c1-5(9-10-7(8)11)6-3-2-4-12-6/h2-4H,1H3,(H3,8,10,11)/b9-5+. The Kier molecular flexibility index (Phi) is 2.82. The molecular formula is C7H9N3OS. The maximum absolute atomic E-state index is 10.3. The molecule has 4 nitrogen and oxygen atoms in total. The molecule has 0 aromatic carbocycles. The number of nitrogens with one attached hydrogen (secondary N) is 1. The van der Waals surface area contributed by atoms with Crippen LogP contribution in [0.3, 0.4) is 0 Å². The van der Waals surface area contributed by atoms with E-state index in [9.17, 15) is 4.79 Å². The Bertz CT molecular complexity index is 292. The highest BCUT2D eigenvalue weighted by Crippen LogP contribution is 2.08. The molecule has 3 N–H and O–H groups in total. The molecule has 0 atom stereocenters. The molecule has 0 aliphatic carbocycles. The maximum atomic E-state index is 10.3. The van der Waals surface area contributed by atoms with Crippen LogP contribution in [0.25, 0.3) is 0 Å². The monoisotopic (exact) mass is 183 g/mol. The summed E-state index contributed by atoms with van der Waals surface area (Å²) in [5.41, 5.74) is 7.76. The SMILES string of the molecule is C/C(=N\NC(N)=O)c1cccs1. The number of rotatable bonds is 2. The van der Waals surface area contributed by atoms with Crippen molar-refractivity contribution in [3.63, 3.8) is 0 Å². The van der Waals surface area contributed by atoms with Crippen molar-refractivity contribution >= 4 is 23.1 Å². The lowest BCUT2D eigenvalue weighted by molar-refractivity contribution is 0.249. The summed E-state index contributed by atoms with van der Waals surface area (Å²) in [5, 5.41) is 5.71. The van der Waals surface area contributed by atoms with Gasteiger partial charge in [0, 0.05) is 4.88 Å². The van der Waals surface area contributed by atoms with E-state index in [-0.39, 0.29) is 0 Å². The molecule has 1 aromatic heterocycles. The lowest BCUT2D eigenvalue weighted by atomic mass is 10.3. The van der Waals surface area contributed by atoms with Crippen molar-refractivity contribution in [2.45, 2.75) is 6.92 Å². The first-order valence-electron chi connectivity index (χ1n) is 3.34. The summed E-state index contributed by atoms with van der Waals surface area (Å²) in [5.74, 6) is 0. The first-order valence-corrected chi connectivity index (χ1v) is 4.21. The van der Waals surface area contributed by atoms with Crippen molar-refractivity contribution in [1.82, 2.24) is 5.43 Å². The minimum Gasteiger partial charge on any atom is -0.350 e. The third-order valence-electron chi connectivity index (χ3n) is 1.21. The van der Waals surface area contributed by atoms with Gasteiger partial charge in [-0.3, -0.25) is 0 Å². The Balaban J connectivity index is 2.65. The van der Waals surface area contributed by atoms with E-state index in [1.54, 1.807) is 11.3 Å². The fourth-order valence-corrected chi connectivity index (χ4v) is 1.36. The Morgan fingerprint density at radius 1 is 1.75 bits per heavy atom. The number of hydrogen-bond donors (Lipinski definition) is 2. The minimum absolute atomic E-state index is 0.647. The van der Waals surface area contributed by atoms with Crippen LogP contribution in [0.15, 0.2) is 22.6 Å². The molecule has 0 saturated carbocycles. The zero-order valence-electron chi connectivity index (χ0n) is 6.57. The Morgan fingerprint density at radius 3 is 3.00 bits per heavy atom. The predicted octanol–water partition coefficient (Wildman–Crippen LogP) is 1.14. The number of hydrogen-bond acceptors (Lipinski definition) is 3. The van der Waals surface area contributed by atoms with Gasteiger partial charge in [-0.2, -0.15) is 5.10 Å². The van der Waals surface area contributed by atoms with Crippen molar-refractivity contribution in [2.24, 2.45) is 10.8 Å². The molecule has 64 valence electrons. The third kappa shape index (κ3) is 2.35. The largest absolute Gasteiger partial charge is 0.350 e. The van der Waals surface area contributed by atoms with Crippen LogP contribution in [-0.4, -0.2) is 11.7 Å². The molecule has 2 amide bonds. The third-order valence-corrected chi connectivity index (χ3v) is 2.19. The zero-order valence-corrected chi connectivity index (χ0v) is 7.39. The zero-order chi connectivity index (χ0) is 8.97. The van der Waals surface area contributed by atoms with Crippen molar-refractivity contribution in [1.29, 1.82) is 0 Å². The van der Waals surface area contributed by atoms with E-state index in [1.165, 1.54) is 0 Å². The van der Waals surface area contributed by atoms with E-state index in [1.807, 2.05) is 24.4 Å². The van der Waals surface area contributed by atoms with Gasteiger partial charge in [-0.25, -0.2) is 10.2 Å². The molecule has 0 radical (unpaired) electrons. The van der Waals surface area contributed by atoms with Crippen molar-refractivity contribution in [2.75, 3.05) is 0 Å². The van der Waals surface area contributed by atoms with Gasteiger partial charge in [0.15, 0.2) is 0 Å². The van der Waals surface area contributed by atoms with Gasteiger partial charge in [0.25, 0.3) is 0 Å². The molecule has 0 unspecified atom stereocenters. The molecule has 1 aromatic rings. The number of carbonyl (C=O) groups excluding carboxylic acids is 1. The van der Waals surface area contributed by atoms with E-state index in [0.717, 1.165) is 10.6 Å². The summed E-state index contributed by atoms with van der Waals surface area (Å²) in [6.07, 6.45) is 0. The molecular weight excluding hydrogens is 174 g/mol. The minimum atomic E-state index is -0.647. The topological polar surface area (TPSA) is 67.5 Å². The molecule has 0 fully saturated rings. The molecule has 5 heteroatoms. The highest BCUT2D eigenvalue weighted by Gasteiger charge is 1.97. The first-order chi connectivity index (χ1) is 5.70. The normalized spacial score (nSPS) is 11.2. The van der Waals surface area contributed by atoms with Crippen LogP contribution < -0.4 is 11.2 Å². The van der Waals surface area contributed by atoms with Crippen molar-refractivity contribution in [3.8, 4) is 0 Å². The average molecular weight is 183 g/mol. The summed E-state index contributed by atoms with van der Waals surface area (Å²) in [7, 11) is 0. The second-order valence-electron chi connectivity index (χ2n) is 2.15. The number of nitrogens with zero attached hydrogens (tertiary/aromatic N) is 1. The summed E-state index contributed by atoms with van der Waals surface area (Å²) in [6, 6.07) is 3.20. The van der Waals surface area contributed by atoms with Gasteiger partial charge in [0.2, 0.25) is 0 Å². The quantitative estimate of drug-likeness (QED) is 0.524. The summed E-state index contributed by atoms with van der Waals surface area (Å²) in [4.78, 5) is 11.3. The number of carbonyl (C=O) groups is 1. The van der Waals surface area contributed by atoms with Crippen LogP contribution in [0.5, 0.6) is 0 Å². The lowest BCUT2D eigenvalue weighted by Gasteiger charge is -1.95. The Morgan fingerprint density at radius 2 is 2.50 bits per heavy atom. The van der Waals surface area contributed by atoms with Gasteiger partial charge in [0.1, 0.15) is 0 Å². The van der Waals surface area contributed by atoms with E-state index < -0.39 is 6.03 Å². The van der Waals surface area contributed by atoms with Crippen LogP contribution in [0.1, 0.15) is 11.8 Å². The molecule has 1 heterocycles.